The van der Waals surface area contributed by atoms with E-state index in [1.807, 2.05) is 12.3 Å². The van der Waals surface area contributed by atoms with Crippen LogP contribution in [0.25, 0.3) is 0 Å². The van der Waals surface area contributed by atoms with Crippen LogP contribution in [-0.4, -0.2) is 31.9 Å². The molecule has 4 nitrogen and oxygen atoms in total. The highest BCUT2D eigenvalue weighted by molar-refractivity contribution is 7.89. The Hall–Kier alpha value is -0.430. The predicted molar refractivity (Wildman–Crippen MR) is 88.2 cm³/mol. The second-order valence-electron chi connectivity index (χ2n) is 6.29. The molecule has 1 aromatic heterocycles. The van der Waals surface area contributed by atoms with Gasteiger partial charge in [0, 0.05) is 30.6 Å². The topological polar surface area (TPSA) is 49.4 Å². The Bertz CT molecular complexity index is 570. The first-order chi connectivity index (χ1) is 9.82. The zero-order valence-electron chi connectivity index (χ0n) is 13.3. The third-order valence-corrected chi connectivity index (χ3v) is 7.36. The van der Waals surface area contributed by atoms with Crippen molar-refractivity contribution in [1.82, 2.24) is 9.62 Å². The van der Waals surface area contributed by atoms with Crippen LogP contribution in [0.15, 0.2) is 10.3 Å². The zero-order chi connectivity index (χ0) is 15.6. The maximum absolute atomic E-state index is 12.9. The fourth-order valence-electron chi connectivity index (χ4n) is 2.61. The fraction of sp³-hybridized carbons (Fsp3) is 0.733. The van der Waals surface area contributed by atoms with E-state index in [0.29, 0.717) is 36.5 Å². The van der Waals surface area contributed by atoms with Crippen molar-refractivity contribution in [2.75, 3.05) is 13.1 Å². The number of hydrogen-bond acceptors (Lipinski definition) is 4. The molecule has 1 aliphatic heterocycles. The second-order valence-corrected chi connectivity index (χ2v) is 9.13. The predicted octanol–water partition coefficient (Wildman–Crippen LogP) is 2.98. The van der Waals surface area contributed by atoms with Crippen LogP contribution in [0.4, 0.5) is 0 Å². The molecule has 2 heterocycles. The molecular formula is C15H26N2O2S2. The first-order valence-electron chi connectivity index (χ1n) is 7.63. The van der Waals surface area contributed by atoms with E-state index in [4.69, 9.17) is 0 Å². The van der Waals surface area contributed by atoms with Crippen LogP contribution < -0.4 is 5.32 Å². The highest BCUT2D eigenvalue weighted by Gasteiger charge is 2.31. The maximum Gasteiger partial charge on any atom is 0.244 e. The molecule has 21 heavy (non-hydrogen) atoms. The summed E-state index contributed by atoms with van der Waals surface area (Å²) < 4.78 is 27.6. The lowest BCUT2D eigenvalue weighted by Gasteiger charge is -2.29. The van der Waals surface area contributed by atoms with E-state index in [1.165, 1.54) is 0 Å². The van der Waals surface area contributed by atoms with Crippen LogP contribution in [0.3, 0.4) is 0 Å². The van der Waals surface area contributed by atoms with Gasteiger partial charge in [-0.05, 0) is 36.6 Å². The molecular weight excluding hydrogens is 304 g/mol. The molecule has 1 aliphatic rings. The number of piperidine rings is 1. The highest BCUT2D eigenvalue weighted by Crippen LogP contribution is 2.31. The van der Waals surface area contributed by atoms with Gasteiger partial charge in [0.15, 0.2) is 0 Å². The molecule has 1 N–H and O–H groups in total. The Labute approximate surface area is 132 Å². The molecule has 0 unspecified atom stereocenters. The van der Waals surface area contributed by atoms with Crippen molar-refractivity contribution >= 4 is 21.4 Å². The largest absolute Gasteiger partial charge is 0.310 e. The first kappa shape index (κ1) is 16.9. The summed E-state index contributed by atoms with van der Waals surface area (Å²) in [4.78, 5) is 1.47. The number of nitrogens with zero attached hydrogens (tertiary/aromatic N) is 1. The number of hydrogen-bond donors (Lipinski definition) is 1. The van der Waals surface area contributed by atoms with E-state index < -0.39 is 10.0 Å². The van der Waals surface area contributed by atoms with E-state index >= 15 is 0 Å². The number of aryl methyl sites for hydroxylation is 1. The number of rotatable bonds is 5. The average Bonchev–Trinajstić information content (AvgIpc) is 2.78. The lowest BCUT2D eigenvalue weighted by molar-refractivity contribution is 0.288. The maximum atomic E-state index is 12.9. The molecule has 0 aromatic carbocycles. The van der Waals surface area contributed by atoms with Crippen molar-refractivity contribution in [3.8, 4) is 0 Å². The van der Waals surface area contributed by atoms with Gasteiger partial charge in [0.1, 0.15) is 4.90 Å². The van der Waals surface area contributed by atoms with Crippen molar-refractivity contribution in [1.29, 1.82) is 0 Å². The molecule has 1 saturated heterocycles. The van der Waals surface area contributed by atoms with Gasteiger partial charge >= 0.3 is 0 Å². The Morgan fingerprint density at radius 2 is 2.00 bits per heavy atom. The Morgan fingerprint density at radius 3 is 2.57 bits per heavy atom. The van der Waals surface area contributed by atoms with Gasteiger partial charge < -0.3 is 5.32 Å². The molecule has 6 heteroatoms. The van der Waals surface area contributed by atoms with Crippen molar-refractivity contribution in [2.24, 2.45) is 5.92 Å². The second kappa shape index (κ2) is 6.77. The lowest BCUT2D eigenvalue weighted by Crippen LogP contribution is -2.38. The minimum absolute atomic E-state index is 0.346. The smallest absolute Gasteiger partial charge is 0.244 e. The Balaban J connectivity index is 2.25. The summed E-state index contributed by atoms with van der Waals surface area (Å²) in [5.74, 6) is 0.627. The van der Waals surface area contributed by atoms with Gasteiger partial charge in [-0.1, -0.05) is 20.8 Å². The third-order valence-electron chi connectivity index (χ3n) is 4.00. The molecule has 0 bridgehead atoms. The van der Waals surface area contributed by atoms with E-state index in [0.717, 1.165) is 23.3 Å². The minimum atomic E-state index is -3.35. The van der Waals surface area contributed by atoms with Gasteiger partial charge in [-0.15, -0.1) is 11.3 Å². The molecule has 0 spiro atoms. The highest BCUT2D eigenvalue weighted by atomic mass is 32.2. The van der Waals surface area contributed by atoms with Gasteiger partial charge in [-0.3, -0.25) is 0 Å². The van der Waals surface area contributed by atoms with Crippen molar-refractivity contribution < 1.29 is 8.42 Å². The number of nitrogens with one attached hydrogen (secondary N) is 1. The molecule has 0 amide bonds. The van der Waals surface area contributed by atoms with E-state index in [9.17, 15) is 8.42 Å². The standard InChI is InChI=1S/C15H26N2O2S2/c1-11(2)16-9-14-15(13(4)10-20-14)21(18,19)17-7-5-12(3)6-8-17/h10-12,16H,5-9H2,1-4H3. The van der Waals surface area contributed by atoms with E-state index in [-0.39, 0.29) is 0 Å². The normalized spacial score (nSPS) is 18.5. The first-order valence-corrected chi connectivity index (χ1v) is 9.95. The van der Waals surface area contributed by atoms with Gasteiger partial charge in [-0.25, -0.2) is 8.42 Å². The van der Waals surface area contributed by atoms with Gasteiger partial charge in [0.05, 0.1) is 0 Å². The third kappa shape index (κ3) is 3.86. The van der Waals surface area contributed by atoms with E-state index in [1.54, 1.807) is 15.6 Å². The quantitative estimate of drug-likeness (QED) is 0.903. The lowest BCUT2D eigenvalue weighted by atomic mass is 10.0. The van der Waals surface area contributed by atoms with Gasteiger partial charge in [0.25, 0.3) is 0 Å². The Morgan fingerprint density at radius 1 is 1.38 bits per heavy atom. The molecule has 1 aromatic rings. The zero-order valence-corrected chi connectivity index (χ0v) is 15.0. The number of sulfonamides is 1. The van der Waals surface area contributed by atoms with Crippen LogP contribution in [-0.2, 0) is 16.6 Å². The van der Waals surface area contributed by atoms with Crippen LogP contribution in [0.2, 0.25) is 0 Å². The molecule has 0 radical (unpaired) electrons. The monoisotopic (exact) mass is 330 g/mol. The van der Waals surface area contributed by atoms with E-state index in [2.05, 4.69) is 26.1 Å². The molecule has 1 fully saturated rings. The van der Waals surface area contributed by atoms with Crippen LogP contribution in [0.1, 0.15) is 44.1 Å². The molecule has 0 saturated carbocycles. The van der Waals surface area contributed by atoms with Crippen molar-refractivity contribution in [3.63, 3.8) is 0 Å². The van der Waals surface area contributed by atoms with Gasteiger partial charge in [-0.2, -0.15) is 4.31 Å². The summed E-state index contributed by atoms with van der Waals surface area (Å²) in [6, 6.07) is 0.346. The Kier molecular flexibility index (Phi) is 5.46. The summed E-state index contributed by atoms with van der Waals surface area (Å²) >= 11 is 1.54. The summed E-state index contributed by atoms with van der Waals surface area (Å²) in [6.45, 7) is 10.1. The SMILES string of the molecule is Cc1csc(CNC(C)C)c1S(=O)(=O)N1CCC(C)CC1. The van der Waals surface area contributed by atoms with Crippen LogP contribution >= 0.6 is 11.3 Å². The van der Waals surface area contributed by atoms with Crippen LogP contribution in [0, 0.1) is 12.8 Å². The van der Waals surface area contributed by atoms with Crippen molar-refractivity contribution in [2.45, 2.75) is 58.0 Å². The summed E-state index contributed by atoms with van der Waals surface area (Å²) in [7, 11) is -3.35. The average molecular weight is 331 g/mol. The molecule has 0 aliphatic carbocycles. The summed E-state index contributed by atoms with van der Waals surface area (Å²) in [5, 5.41) is 5.28. The number of thiophene rings is 1. The fourth-order valence-corrected chi connectivity index (χ4v) is 5.79. The minimum Gasteiger partial charge on any atom is -0.310 e. The van der Waals surface area contributed by atoms with Crippen molar-refractivity contribution in [3.05, 3.63) is 15.8 Å². The summed E-state index contributed by atoms with van der Waals surface area (Å²) in [5.41, 5.74) is 0.874. The summed E-state index contributed by atoms with van der Waals surface area (Å²) in [6.07, 6.45) is 1.92. The molecule has 2 rings (SSSR count). The molecule has 0 atom stereocenters. The molecule has 120 valence electrons. The van der Waals surface area contributed by atoms with Gasteiger partial charge in [0.2, 0.25) is 10.0 Å². The van der Waals surface area contributed by atoms with Crippen LogP contribution in [0.5, 0.6) is 0 Å².